The van der Waals surface area contributed by atoms with E-state index < -0.39 is 0 Å². The fraction of sp³-hybridized carbons (Fsp3) is 0. The first kappa shape index (κ1) is 21.1. The number of benzene rings is 3. The molecule has 9 heteroatoms. The minimum absolute atomic E-state index is 0.139. The van der Waals surface area contributed by atoms with Crippen LogP contribution in [0.2, 0.25) is 15.1 Å². The Bertz CT molecular complexity index is 1270. The van der Waals surface area contributed by atoms with Crippen LogP contribution in [0.25, 0.3) is 11.8 Å². The maximum Gasteiger partial charge on any atom is 0.195 e. The molecule has 0 aliphatic rings. The monoisotopic (exact) mass is 469 g/mol. The summed E-state index contributed by atoms with van der Waals surface area (Å²) in [6, 6.07) is 19.2. The van der Waals surface area contributed by atoms with E-state index in [0.717, 1.165) is 0 Å². The van der Waals surface area contributed by atoms with Crippen molar-refractivity contribution in [1.82, 2.24) is 20.2 Å². The van der Waals surface area contributed by atoms with Gasteiger partial charge in [-0.2, -0.15) is 4.68 Å². The molecule has 4 aromatic rings. The summed E-state index contributed by atoms with van der Waals surface area (Å²) in [7, 11) is 0. The molecule has 0 saturated carbocycles. The molecule has 154 valence electrons. The van der Waals surface area contributed by atoms with Gasteiger partial charge in [-0.25, -0.2) is 0 Å². The highest BCUT2D eigenvalue weighted by Crippen LogP contribution is 2.25. The molecule has 6 nitrogen and oxygen atoms in total. The van der Waals surface area contributed by atoms with Gasteiger partial charge in [-0.1, -0.05) is 65.1 Å². The van der Waals surface area contributed by atoms with E-state index in [1.165, 1.54) is 4.68 Å². The van der Waals surface area contributed by atoms with Gasteiger partial charge in [-0.3, -0.25) is 4.79 Å². The first-order chi connectivity index (χ1) is 15.0. The van der Waals surface area contributed by atoms with Crippen LogP contribution in [0.1, 0.15) is 21.7 Å². The van der Waals surface area contributed by atoms with Gasteiger partial charge in [0.05, 0.1) is 15.7 Å². The van der Waals surface area contributed by atoms with Gasteiger partial charge < -0.3 is 5.32 Å². The molecular formula is C22H14Cl3N5O. The fourth-order valence-electron chi connectivity index (χ4n) is 2.88. The zero-order chi connectivity index (χ0) is 21.8. The molecule has 1 aromatic heterocycles. The SMILES string of the molecule is O=C(c1ccccc1)c1cc(Cl)ccc1N/C=C\c1nnnn1-c1ccc(Cl)c(Cl)c1. The molecule has 0 spiro atoms. The average Bonchev–Trinajstić information content (AvgIpc) is 3.25. The molecular weight excluding hydrogens is 457 g/mol. The Hall–Kier alpha value is -3.19. The number of carbonyl (C=O) groups excluding carboxylic acids is 1. The van der Waals surface area contributed by atoms with E-state index in [1.807, 2.05) is 18.2 Å². The van der Waals surface area contributed by atoms with E-state index in [0.29, 0.717) is 43.4 Å². The normalized spacial score (nSPS) is 11.1. The van der Waals surface area contributed by atoms with Gasteiger partial charge in [-0.05, 0) is 46.8 Å². The standard InChI is InChI=1S/C22H14Cl3N5O/c23-15-6-9-20(17(12-15)22(31)14-4-2-1-3-5-14)26-11-10-21-27-28-29-30(21)16-7-8-18(24)19(25)13-16/h1-13,26H/b11-10-. The minimum Gasteiger partial charge on any atom is -0.361 e. The Morgan fingerprint density at radius 1 is 0.935 bits per heavy atom. The third kappa shape index (κ3) is 4.77. The third-order valence-electron chi connectivity index (χ3n) is 4.37. The molecule has 1 heterocycles. The summed E-state index contributed by atoms with van der Waals surface area (Å²) in [6.07, 6.45) is 3.32. The second-order valence-corrected chi connectivity index (χ2v) is 7.66. The Morgan fingerprint density at radius 3 is 2.52 bits per heavy atom. The number of rotatable bonds is 6. The third-order valence-corrected chi connectivity index (χ3v) is 5.35. The van der Waals surface area contributed by atoms with Crippen LogP contribution in [0, 0.1) is 0 Å². The molecule has 0 saturated heterocycles. The lowest BCUT2D eigenvalue weighted by molar-refractivity contribution is 0.103. The fourth-order valence-corrected chi connectivity index (χ4v) is 3.34. The van der Waals surface area contributed by atoms with Crippen LogP contribution >= 0.6 is 34.8 Å². The van der Waals surface area contributed by atoms with Gasteiger partial charge in [0.15, 0.2) is 11.6 Å². The highest BCUT2D eigenvalue weighted by molar-refractivity contribution is 6.42. The van der Waals surface area contributed by atoms with Crippen molar-refractivity contribution in [3.8, 4) is 5.69 Å². The number of aromatic nitrogens is 4. The zero-order valence-electron chi connectivity index (χ0n) is 15.8. The Kier molecular flexibility index (Phi) is 6.32. The molecule has 0 unspecified atom stereocenters. The smallest absolute Gasteiger partial charge is 0.195 e. The van der Waals surface area contributed by atoms with Crippen molar-refractivity contribution in [2.45, 2.75) is 0 Å². The summed E-state index contributed by atoms with van der Waals surface area (Å²) in [5, 5.41) is 16.1. The van der Waals surface area contributed by atoms with E-state index in [9.17, 15) is 4.79 Å². The molecule has 4 rings (SSSR count). The molecule has 31 heavy (non-hydrogen) atoms. The van der Waals surface area contributed by atoms with E-state index >= 15 is 0 Å². The lowest BCUT2D eigenvalue weighted by Crippen LogP contribution is -2.05. The number of ketones is 1. The maximum absolute atomic E-state index is 12.9. The number of hydrogen-bond donors (Lipinski definition) is 1. The molecule has 0 radical (unpaired) electrons. The molecule has 0 atom stereocenters. The molecule has 0 aliphatic carbocycles. The maximum atomic E-state index is 12.9. The molecule has 3 aromatic carbocycles. The first-order valence-electron chi connectivity index (χ1n) is 9.09. The van der Waals surface area contributed by atoms with Crippen LogP contribution in [0.4, 0.5) is 5.69 Å². The predicted molar refractivity (Wildman–Crippen MR) is 123 cm³/mol. The molecule has 0 fully saturated rings. The zero-order valence-corrected chi connectivity index (χ0v) is 18.1. The summed E-state index contributed by atoms with van der Waals surface area (Å²) < 4.78 is 1.51. The number of nitrogens with zero attached hydrogens (tertiary/aromatic N) is 4. The number of nitrogens with one attached hydrogen (secondary N) is 1. The first-order valence-corrected chi connectivity index (χ1v) is 10.2. The van der Waals surface area contributed by atoms with E-state index in [4.69, 9.17) is 34.8 Å². The van der Waals surface area contributed by atoms with Gasteiger partial charge in [0.25, 0.3) is 0 Å². The summed E-state index contributed by atoms with van der Waals surface area (Å²) in [5.74, 6) is 0.315. The van der Waals surface area contributed by atoms with Gasteiger partial charge in [0.1, 0.15) is 0 Å². The van der Waals surface area contributed by atoms with Crippen molar-refractivity contribution in [3.63, 3.8) is 0 Å². The van der Waals surface area contributed by atoms with Gasteiger partial charge in [-0.15, -0.1) is 5.10 Å². The van der Waals surface area contributed by atoms with Crippen molar-refractivity contribution < 1.29 is 4.79 Å². The van der Waals surface area contributed by atoms with E-state index in [-0.39, 0.29) is 5.78 Å². The molecule has 0 aliphatic heterocycles. The number of carbonyl (C=O) groups is 1. The molecule has 0 bridgehead atoms. The van der Waals surface area contributed by atoms with E-state index in [1.54, 1.807) is 60.8 Å². The number of halogens is 3. The van der Waals surface area contributed by atoms with Crippen molar-refractivity contribution in [3.05, 3.63) is 105 Å². The quantitative estimate of drug-likeness (QED) is 0.353. The predicted octanol–water partition coefficient (Wildman–Crippen LogP) is 5.94. The number of tetrazole rings is 1. The van der Waals surface area contributed by atoms with Gasteiger partial charge in [0.2, 0.25) is 0 Å². The molecule has 0 amide bonds. The summed E-state index contributed by atoms with van der Waals surface area (Å²) in [5.41, 5.74) is 2.28. The number of hydrogen-bond acceptors (Lipinski definition) is 5. The highest BCUT2D eigenvalue weighted by atomic mass is 35.5. The van der Waals surface area contributed by atoms with Crippen LogP contribution in [-0.4, -0.2) is 26.0 Å². The second kappa shape index (κ2) is 9.31. The second-order valence-electron chi connectivity index (χ2n) is 6.41. The van der Waals surface area contributed by atoms with Crippen LogP contribution in [0.5, 0.6) is 0 Å². The van der Waals surface area contributed by atoms with Crippen molar-refractivity contribution in [2.24, 2.45) is 0 Å². The minimum atomic E-state index is -0.139. The van der Waals surface area contributed by atoms with Crippen molar-refractivity contribution >= 4 is 52.3 Å². The summed E-state index contributed by atoms with van der Waals surface area (Å²) in [4.78, 5) is 12.9. The summed E-state index contributed by atoms with van der Waals surface area (Å²) in [6.45, 7) is 0. The molecule has 1 N–H and O–H groups in total. The Morgan fingerprint density at radius 2 is 1.74 bits per heavy atom. The van der Waals surface area contributed by atoms with Crippen LogP contribution in [0.15, 0.2) is 72.9 Å². The Balaban J connectivity index is 1.59. The van der Waals surface area contributed by atoms with Gasteiger partial charge in [0, 0.05) is 34.1 Å². The largest absolute Gasteiger partial charge is 0.361 e. The Labute approximate surface area is 193 Å². The van der Waals surface area contributed by atoms with Crippen molar-refractivity contribution in [1.29, 1.82) is 0 Å². The van der Waals surface area contributed by atoms with E-state index in [2.05, 4.69) is 20.8 Å². The lowest BCUT2D eigenvalue weighted by Gasteiger charge is -2.09. The topological polar surface area (TPSA) is 72.7 Å². The van der Waals surface area contributed by atoms with Gasteiger partial charge >= 0.3 is 0 Å². The number of anilines is 1. The van der Waals surface area contributed by atoms with Crippen LogP contribution < -0.4 is 5.32 Å². The van der Waals surface area contributed by atoms with Crippen LogP contribution in [0.3, 0.4) is 0 Å². The summed E-state index contributed by atoms with van der Waals surface area (Å²) >= 11 is 18.2. The highest BCUT2D eigenvalue weighted by Gasteiger charge is 2.14. The van der Waals surface area contributed by atoms with Crippen molar-refractivity contribution in [2.75, 3.05) is 5.32 Å². The van der Waals surface area contributed by atoms with Crippen LogP contribution in [-0.2, 0) is 0 Å². The lowest BCUT2D eigenvalue weighted by atomic mass is 10.0. The average molecular weight is 471 g/mol.